The number of aryl methyl sites for hydroxylation is 5. The summed E-state index contributed by atoms with van der Waals surface area (Å²) in [7, 11) is 2.04. The Morgan fingerprint density at radius 1 is 1.24 bits per heavy atom. The van der Waals surface area contributed by atoms with E-state index in [1.807, 2.05) is 11.7 Å². The molecule has 0 fully saturated rings. The van der Waals surface area contributed by atoms with Gasteiger partial charge in [-0.1, -0.05) is 13.0 Å². The molecule has 0 aromatic carbocycles. The molecule has 2 aromatic heterocycles. The normalized spacial score (nSPS) is 13.8. The molecule has 0 saturated carbocycles. The molecule has 0 spiro atoms. The van der Waals surface area contributed by atoms with Gasteiger partial charge < -0.3 is 5.32 Å². The lowest BCUT2D eigenvalue weighted by Crippen LogP contribution is -2.14. The van der Waals surface area contributed by atoms with Crippen LogP contribution < -0.4 is 5.32 Å². The summed E-state index contributed by atoms with van der Waals surface area (Å²) in [4.78, 5) is 4.75. The number of anilines is 1. The van der Waals surface area contributed by atoms with Gasteiger partial charge in [-0.15, -0.1) is 0 Å². The molecule has 4 heteroatoms. The first-order valence-corrected chi connectivity index (χ1v) is 8.00. The van der Waals surface area contributed by atoms with Crippen molar-refractivity contribution in [3.8, 4) is 0 Å². The minimum atomic E-state index is 1.01. The van der Waals surface area contributed by atoms with Gasteiger partial charge in [-0.25, -0.2) is 4.98 Å². The lowest BCUT2D eigenvalue weighted by molar-refractivity contribution is 0.671. The highest BCUT2D eigenvalue weighted by Gasteiger charge is 2.10. The molecule has 0 amide bonds. The smallest absolute Gasteiger partial charge is 0.129 e. The van der Waals surface area contributed by atoms with Crippen LogP contribution in [0.15, 0.2) is 18.2 Å². The van der Waals surface area contributed by atoms with Crippen LogP contribution in [0, 0.1) is 0 Å². The van der Waals surface area contributed by atoms with Gasteiger partial charge in [0.25, 0.3) is 0 Å². The standard InChI is InChI=1S/C17H24N4/c1-3-14-12-16(21(2)20-14)8-4-7-15-10-9-13-6-5-11-18-17(13)19-15/h9-10,12H,3-8,11H2,1-2H3,(H,18,19). The van der Waals surface area contributed by atoms with Gasteiger partial charge in [-0.2, -0.15) is 5.10 Å². The molecule has 0 unspecified atom stereocenters. The van der Waals surface area contributed by atoms with Gasteiger partial charge >= 0.3 is 0 Å². The van der Waals surface area contributed by atoms with Crippen LogP contribution in [-0.2, 0) is 32.7 Å². The molecule has 112 valence electrons. The quantitative estimate of drug-likeness (QED) is 0.918. The summed E-state index contributed by atoms with van der Waals surface area (Å²) in [6.07, 6.45) is 6.59. The second-order valence-electron chi connectivity index (χ2n) is 5.80. The summed E-state index contributed by atoms with van der Waals surface area (Å²) in [6, 6.07) is 6.65. The summed E-state index contributed by atoms with van der Waals surface area (Å²) < 4.78 is 2.01. The van der Waals surface area contributed by atoms with Crippen LogP contribution in [-0.4, -0.2) is 21.3 Å². The zero-order valence-electron chi connectivity index (χ0n) is 13.0. The number of hydrogen-bond acceptors (Lipinski definition) is 3. The SMILES string of the molecule is CCc1cc(CCCc2ccc3c(n2)NCCC3)n(C)n1. The highest BCUT2D eigenvalue weighted by atomic mass is 15.3. The van der Waals surface area contributed by atoms with E-state index in [4.69, 9.17) is 4.98 Å². The molecule has 0 bridgehead atoms. The fourth-order valence-electron chi connectivity index (χ4n) is 2.94. The van der Waals surface area contributed by atoms with E-state index >= 15 is 0 Å². The van der Waals surface area contributed by atoms with E-state index in [0.29, 0.717) is 0 Å². The molecule has 1 aliphatic rings. The minimum Gasteiger partial charge on any atom is -0.370 e. The van der Waals surface area contributed by atoms with Crippen molar-refractivity contribution in [2.24, 2.45) is 7.05 Å². The zero-order valence-corrected chi connectivity index (χ0v) is 13.0. The Morgan fingerprint density at radius 2 is 2.14 bits per heavy atom. The molecule has 0 atom stereocenters. The van der Waals surface area contributed by atoms with E-state index in [2.05, 4.69) is 35.5 Å². The van der Waals surface area contributed by atoms with Crippen LogP contribution in [0.2, 0.25) is 0 Å². The van der Waals surface area contributed by atoms with Crippen molar-refractivity contribution in [2.75, 3.05) is 11.9 Å². The summed E-state index contributed by atoms with van der Waals surface area (Å²) in [5, 5.41) is 7.91. The van der Waals surface area contributed by atoms with Gasteiger partial charge in [0.1, 0.15) is 5.82 Å². The molecule has 21 heavy (non-hydrogen) atoms. The van der Waals surface area contributed by atoms with E-state index in [1.165, 1.54) is 29.1 Å². The number of hydrogen-bond donors (Lipinski definition) is 1. The number of fused-ring (bicyclic) bond motifs is 1. The van der Waals surface area contributed by atoms with Crippen molar-refractivity contribution >= 4 is 5.82 Å². The molecule has 1 N–H and O–H groups in total. The first kappa shape index (κ1) is 14.1. The monoisotopic (exact) mass is 284 g/mol. The molecule has 3 rings (SSSR count). The van der Waals surface area contributed by atoms with Crippen molar-refractivity contribution in [3.05, 3.63) is 40.8 Å². The largest absolute Gasteiger partial charge is 0.370 e. The lowest BCUT2D eigenvalue weighted by atomic mass is 10.1. The van der Waals surface area contributed by atoms with E-state index in [-0.39, 0.29) is 0 Å². The van der Waals surface area contributed by atoms with Gasteiger partial charge in [-0.3, -0.25) is 4.68 Å². The van der Waals surface area contributed by atoms with E-state index in [0.717, 1.165) is 44.5 Å². The predicted molar refractivity (Wildman–Crippen MR) is 85.7 cm³/mol. The summed E-state index contributed by atoms with van der Waals surface area (Å²) in [5.41, 5.74) is 5.07. The molecule has 0 aliphatic carbocycles. The molecule has 3 heterocycles. The second-order valence-corrected chi connectivity index (χ2v) is 5.80. The third-order valence-corrected chi connectivity index (χ3v) is 4.21. The number of aromatic nitrogens is 3. The van der Waals surface area contributed by atoms with Crippen LogP contribution in [0.25, 0.3) is 0 Å². The highest BCUT2D eigenvalue weighted by Crippen LogP contribution is 2.20. The van der Waals surface area contributed by atoms with E-state index in [1.54, 1.807) is 0 Å². The fraction of sp³-hybridized carbons (Fsp3) is 0.529. The maximum absolute atomic E-state index is 4.75. The Labute approximate surface area is 126 Å². The van der Waals surface area contributed by atoms with Gasteiger partial charge in [0.05, 0.1) is 5.69 Å². The topological polar surface area (TPSA) is 42.7 Å². The molecular formula is C17H24N4. The van der Waals surface area contributed by atoms with Crippen molar-refractivity contribution in [1.29, 1.82) is 0 Å². The van der Waals surface area contributed by atoms with Crippen LogP contribution in [0.1, 0.15) is 42.4 Å². The Morgan fingerprint density at radius 3 is 2.95 bits per heavy atom. The minimum absolute atomic E-state index is 1.01. The Hall–Kier alpha value is -1.84. The molecular weight excluding hydrogens is 260 g/mol. The summed E-state index contributed by atoms with van der Waals surface area (Å²) >= 11 is 0. The third-order valence-electron chi connectivity index (χ3n) is 4.21. The lowest BCUT2D eigenvalue weighted by Gasteiger charge is -2.17. The number of nitrogens with one attached hydrogen (secondary N) is 1. The van der Waals surface area contributed by atoms with Crippen molar-refractivity contribution in [1.82, 2.24) is 14.8 Å². The maximum atomic E-state index is 4.75. The first-order chi connectivity index (χ1) is 10.3. The van der Waals surface area contributed by atoms with E-state index < -0.39 is 0 Å². The molecule has 4 nitrogen and oxygen atoms in total. The van der Waals surface area contributed by atoms with Crippen molar-refractivity contribution < 1.29 is 0 Å². The van der Waals surface area contributed by atoms with Crippen molar-refractivity contribution in [3.63, 3.8) is 0 Å². The fourth-order valence-corrected chi connectivity index (χ4v) is 2.94. The van der Waals surface area contributed by atoms with Crippen LogP contribution >= 0.6 is 0 Å². The Balaban J connectivity index is 1.58. The summed E-state index contributed by atoms with van der Waals surface area (Å²) in [6.45, 7) is 3.20. The average Bonchev–Trinajstić information content (AvgIpc) is 2.88. The second kappa shape index (κ2) is 6.29. The van der Waals surface area contributed by atoms with Crippen LogP contribution in [0.3, 0.4) is 0 Å². The van der Waals surface area contributed by atoms with E-state index in [9.17, 15) is 0 Å². The average molecular weight is 284 g/mol. The van der Waals surface area contributed by atoms with Crippen molar-refractivity contribution in [2.45, 2.75) is 45.4 Å². The molecule has 0 radical (unpaired) electrons. The highest BCUT2D eigenvalue weighted by molar-refractivity contribution is 5.47. The van der Waals surface area contributed by atoms with Crippen LogP contribution in [0.5, 0.6) is 0 Å². The third kappa shape index (κ3) is 3.26. The number of pyridine rings is 1. The Kier molecular flexibility index (Phi) is 4.23. The molecule has 1 aliphatic heterocycles. The van der Waals surface area contributed by atoms with Gasteiger partial charge in [0, 0.05) is 25.0 Å². The maximum Gasteiger partial charge on any atom is 0.129 e. The van der Waals surface area contributed by atoms with Gasteiger partial charge in [-0.05, 0) is 56.2 Å². The number of nitrogens with zero attached hydrogens (tertiary/aromatic N) is 3. The molecule has 2 aromatic rings. The zero-order chi connectivity index (χ0) is 14.7. The predicted octanol–water partition coefficient (Wildman–Crippen LogP) is 2.91. The summed E-state index contributed by atoms with van der Waals surface area (Å²) in [5.74, 6) is 1.10. The first-order valence-electron chi connectivity index (χ1n) is 8.00. The Bertz CT molecular complexity index is 615. The van der Waals surface area contributed by atoms with Crippen LogP contribution in [0.4, 0.5) is 5.82 Å². The van der Waals surface area contributed by atoms with Gasteiger partial charge in [0.2, 0.25) is 0 Å². The van der Waals surface area contributed by atoms with Gasteiger partial charge in [0.15, 0.2) is 0 Å². The molecule has 0 saturated heterocycles. The number of rotatable bonds is 5.